The van der Waals surface area contributed by atoms with E-state index >= 15 is 0 Å². The lowest BCUT2D eigenvalue weighted by atomic mass is 9.75. The van der Waals surface area contributed by atoms with Gasteiger partial charge in [0.15, 0.2) is 6.29 Å². The Kier molecular flexibility index (Phi) is 4.19. The molecular weight excluding hydrogens is 258 g/mol. The van der Waals surface area contributed by atoms with Crippen LogP contribution in [0.1, 0.15) is 44.0 Å². The molecule has 1 saturated heterocycles. The number of halogens is 1. The number of hydrogen-bond donors (Lipinski definition) is 0. The maximum atomic E-state index is 11.2. The van der Waals surface area contributed by atoms with Crippen LogP contribution in [0.3, 0.4) is 0 Å². The van der Waals surface area contributed by atoms with Crippen molar-refractivity contribution < 1.29 is 4.79 Å². The molecule has 0 bridgehead atoms. The number of benzene rings is 1. The summed E-state index contributed by atoms with van der Waals surface area (Å²) in [6.45, 7) is 8.87. The molecule has 0 amide bonds. The van der Waals surface area contributed by atoms with Gasteiger partial charge in [-0.2, -0.15) is 0 Å². The first-order valence-corrected chi connectivity index (χ1v) is 7.30. The highest BCUT2D eigenvalue weighted by molar-refractivity contribution is 6.33. The van der Waals surface area contributed by atoms with Gasteiger partial charge in [-0.15, -0.1) is 0 Å². The summed E-state index contributed by atoms with van der Waals surface area (Å²) in [5.74, 6) is 0.742. The van der Waals surface area contributed by atoms with Crippen LogP contribution in [-0.4, -0.2) is 19.4 Å². The molecule has 104 valence electrons. The average Bonchev–Trinajstić information content (AvgIpc) is 2.37. The van der Waals surface area contributed by atoms with E-state index in [2.05, 4.69) is 25.7 Å². The monoisotopic (exact) mass is 279 g/mol. The molecule has 3 heteroatoms. The summed E-state index contributed by atoms with van der Waals surface area (Å²) >= 11 is 6.27. The predicted octanol–water partition coefficient (Wildman–Crippen LogP) is 4.42. The minimum absolute atomic E-state index is 0.361. The lowest BCUT2D eigenvalue weighted by Crippen LogP contribution is -2.38. The summed E-state index contributed by atoms with van der Waals surface area (Å²) in [4.78, 5) is 13.4. The first-order chi connectivity index (χ1) is 8.93. The Balaban J connectivity index is 2.16. The fraction of sp³-hybridized carbons (Fsp3) is 0.562. The average molecular weight is 280 g/mol. The van der Waals surface area contributed by atoms with E-state index in [0.717, 1.165) is 43.8 Å². The van der Waals surface area contributed by atoms with Crippen LogP contribution < -0.4 is 4.90 Å². The normalized spacial score (nSPS) is 17.6. The number of para-hydroxylation sites is 1. The molecule has 1 aromatic carbocycles. The molecule has 0 atom stereocenters. The topological polar surface area (TPSA) is 20.3 Å². The van der Waals surface area contributed by atoms with Crippen LogP contribution in [0.15, 0.2) is 18.2 Å². The first-order valence-electron chi connectivity index (χ1n) is 6.92. The summed E-state index contributed by atoms with van der Waals surface area (Å²) < 4.78 is 0. The largest absolute Gasteiger partial charge is 0.370 e. The molecule has 0 radical (unpaired) electrons. The van der Waals surface area contributed by atoms with Crippen molar-refractivity contribution in [3.8, 4) is 0 Å². The zero-order valence-electron chi connectivity index (χ0n) is 11.9. The SMILES string of the molecule is CC(C)(C)C1CCN(c2c(Cl)cccc2C=O)CC1. The highest BCUT2D eigenvalue weighted by Gasteiger charge is 2.29. The van der Waals surface area contributed by atoms with Crippen LogP contribution >= 0.6 is 11.6 Å². The van der Waals surface area contributed by atoms with E-state index in [1.165, 1.54) is 0 Å². The van der Waals surface area contributed by atoms with Crippen LogP contribution in [0.2, 0.25) is 5.02 Å². The molecule has 1 aromatic rings. The Bertz CT molecular complexity index is 456. The van der Waals surface area contributed by atoms with E-state index < -0.39 is 0 Å². The standard InChI is InChI=1S/C16H22ClNO/c1-16(2,3)13-7-9-18(10-8-13)15-12(11-19)5-4-6-14(15)17/h4-6,11,13H,7-10H2,1-3H3. The molecule has 2 nitrogen and oxygen atoms in total. The predicted molar refractivity (Wildman–Crippen MR) is 81.2 cm³/mol. The fourth-order valence-electron chi connectivity index (χ4n) is 2.93. The number of rotatable bonds is 2. The van der Waals surface area contributed by atoms with Gasteiger partial charge in [0.1, 0.15) is 0 Å². The summed E-state index contributed by atoms with van der Waals surface area (Å²) in [6, 6.07) is 5.53. The van der Waals surface area contributed by atoms with Crippen molar-refractivity contribution in [1.82, 2.24) is 0 Å². The molecule has 1 fully saturated rings. The van der Waals surface area contributed by atoms with E-state index in [9.17, 15) is 4.79 Å². The third-order valence-corrected chi connectivity index (χ3v) is 4.49. The van der Waals surface area contributed by atoms with Crippen molar-refractivity contribution in [2.75, 3.05) is 18.0 Å². The first kappa shape index (κ1) is 14.4. The zero-order valence-corrected chi connectivity index (χ0v) is 12.7. The Hall–Kier alpha value is -1.02. The Morgan fingerprint density at radius 2 is 1.89 bits per heavy atom. The molecular formula is C16H22ClNO. The van der Waals surface area contributed by atoms with Gasteiger partial charge in [-0.3, -0.25) is 4.79 Å². The Labute approximate surface area is 120 Å². The number of anilines is 1. The molecule has 0 spiro atoms. The molecule has 0 N–H and O–H groups in total. The van der Waals surface area contributed by atoms with Gasteiger partial charge in [0.2, 0.25) is 0 Å². The van der Waals surface area contributed by atoms with Crippen LogP contribution in [0, 0.1) is 11.3 Å². The van der Waals surface area contributed by atoms with Crippen LogP contribution in [0.5, 0.6) is 0 Å². The van der Waals surface area contributed by atoms with Crippen LogP contribution in [0.4, 0.5) is 5.69 Å². The molecule has 1 heterocycles. The number of piperidine rings is 1. The number of aldehydes is 1. The van der Waals surface area contributed by atoms with Crippen LogP contribution in [-0.2, 0) is 0 Å². The molecule has 0 aliphatic carbocycles. The zero-order chi connectivity index (χ0) is 14.0. The molecule has 1 aliphatic heterocycles. The number of nitrogens with zero attached hydrogens (tertiary/aromatic N) is 1. The highest BCUT2D eigenvalue weighted by Crippen LogP contribution is 2.38. The summed E-state index contributed by atoms with van der Waals surface area (Å²) in [5.41, 5.74) is 1.97. The van der Waals surface area contributed by atoms with E-state index in [4.69, 9.17) is 11.6 Å². The van der Waals surface area contributed by atoms with Gasteiger partial charge in [-0.1, -0.05) is 38.4 Å². The van der Waals surface area contributed by atoms with Crippen molar-refractivity contribution in [2.45, 2.75) is 33.6 Å². The summed E-state index contributed by atoms with van der Waals surface area (Å²) in [6.07, 6.45) is 3.22. The molecule has 0 aromatic heterocycles. The highest BCUT2D eigenvalue weighted by atomic mass is 35.5. The Morgan fingerprint density at radius 3 is 2.42 bits per heavy atom. The van der Waals surface area contributed by atoms with Crippen molar-refractivity contribution in [3.05, 3.63) is 28.8 Å². The third-order valence-electron chi connectivity index (χ3n) is 4.18. The maximum absolute atomic E-state index is 11.2. The van der Waals surface area contributed by atoms with Gasteiger partial charge in [-0.05, 0) is 36.3 Å². The number of carbonyl (C=O) groups is 1. The van der Waals surface area contributed by atoms with Gasteiger partial charge in [0.25, 0.3) is 0 Å². The van der Waals surface area contributed by atoms with Gasteiger partial charge < -0.3 is 4.90 Å². The van der Waals surface area contributed by atoms with Gasteiger partial charge in [-0.25, -0.2) is 0 Å². The molecule has 2 rings (SSSR count). The second-order valence-corrected chi connectivity index (χ2v) is 6.83. The Morgan fingerprint density at radius 1 is 1.26 bits per heavy atom. The second kappa shape index (κ2) is 5.54. The summed E-state index contributed by atoms with van der Waals surface area (Å²) in [5, 5.41) is 0.679. The van der Waals surface area contributed by atoms with Gasteiger partial charge >= 0.3 is 0 Å². The van der Waals surface area contributed by atoms with Crippen molar-refractivity contribution in [1.29, 1.82) is 0 Å². The smallest absolute Gasteiger partial charge is 0.152 e. The maximum Gasteiger partial charge on any atom is 0.152 e. The minimum Gasteiger partial charge on any atom is -0.370 e. The van der Waals surface area contributed by atoms with E-state index in [1.54, 1.807) is 0 Å². The van der Waals surface area contributed by atoms with E-state index in [-0.39, 0.29) is 0 Å². The summed E-state index contributed by atoms with van der Waals surface area (Å²) in [7, 11) is 0. The van der Waals surface area contributed by atoms with Crippen molar-refractivity contribution in [3.63, 3.8) is 0 Å². The molecule has 0 saturated carbocycles. The molecule has 19 heavy (non-hydrogen) atoms. The van der Waals surface area contributed by atoms with Crippen LogP contribution in [0.25, 0.3) is 0 Å². The minimum atomic E-state index is 0.361. The van der Waals surface area contributed by atoms with E-state index in [1.807, 2.05) is 18.2 Å². The quantitative estimate of drug-likeness (QED) is 0.747. The fourth-order valence-corrected chi connectivity index (χ4v) is 3.23. The van der Waals surface area contributed by atoms with Crippen molar-refractivity contribution in [2.24, 2.45) is 11.3 Å². The third kappa shape index (κ3) is 3.11. The van der Waals surface area contributed by atoms with Gasteiger partial charge in [0, 0.05) is 18.7 Å². The lowest BCUT2D eigenvalue weighted by molar-refractivity contribution is 0.112. The lowest BCUT2D eigenvalue weighted by Gasteiger charge is -2.40. The number of carbonyl (C=O) groups excluding carboxylic acids is 1. The second-order valence-electron chi connectivity index (χ2n) is 6.42. The molecule has 0 unspecified atom stereocenters. The molecule has 1 aliphatic rings. The van der Waals surface area contributed by atoms with E-state index in [0.29, 0.717) is 16.0 Å². The van der Waals surface area contributed by atoms with Gasteiger partial charge in [0.05, 0.1) is 10.7 Å². The van der Waals surface area contributed by atoms with Crippen molar-refractivity contribution >= 4 is 23.6 Å². The number of hydrogen-bond acceptors (Lipinski definition) is 2.